The summed E-state index contributed by atoms with van der Waals surface area (Å²) in [5, 5.41) is -1.51. The average Bonchev–Trinajstić information content (AvgIpc) is 2.42. The molecule has 0 fully saturated rings. The number of benzene rings is 2. The van der Waals surface area contributed by atoms with Gasteiger partial charge in [-0.15, -0.1) is 0 Å². The minimum absolute atomic E-state index is 0.0987. The molecule has 0 heterocycles. The van der Waals surface area contributed by atoms with E-state index in [4.69, 9.17) is 6.57 Å². The Morgan fingerprint density at radius 1 is 1.05 bits per heavy atom. The molecule has 0 saturated heterocycles. The molecule has 20 heavy (non-hydrogen) atoms. The van der Waals surface area contributed by atoms with Crippen LogP contribution in [0.1, 0.15) is 16.5 Å². The quantitative estimate of drug-likeness (QED) is 0.810. The fourth-order valence-electron chi connectivity index (χ4n) is 1.90. The van der Waals surface area contributed by atoms with Crippen LogP contribution in [0.15, 0.2) is 54.6 Å². The maximum Gasteiger partial charge on any atom is 0.349 e. The van der Waals surface area contributed by atoms with Gasteiger partial charge in [-0.25, -0.2) is 19.4 Å². The summed E-state index contributed by atoms with van der Waals surface area (Å²) in [6.45, 7) is 7.09. The van der Waals surface area contributed by atoms with E-state index >= 15 is 0 Å². The van der Waals surface area contributed by atoms with Crippen LogP contribution >= 0.6 is 0 Å². The zero-order valence-corrected chi connectivity index (χ0v) is 11.3. The van der Waals surface area contributed by atoms with Gasteiger partial charge in [0.25, 0.3) is 0 Å². The van der Waals surface area contributed by atoms with Crippen LogP contribution in [0.5, 0.6) is 0 Å². The first kappa shape index (κ1) is 14.2. The van der Waals surface area contributed by atoms with E-state index in [0.29, 0.717) is 5.56 Å². The first-order valence-corrected chi connectivity index (χ1v) is 7.62. The van der Waals surface area contributed by atoms with E-state index in [2.05, 4.69) is 4.85 Å². The van der Waals surface area contributed by atoms with Crippen LogP contribution in [0.25, 0.3) is 4.85 Å². The van der Waals surface area contributed by atoms with Crippen LogP contribution in [0, 0.1) is 12.4 Å². The highest BCUT2D eigenvalue weighted by Gasteiger charge is 2.34. The molecule has 0 radical (unpaired) electrons. The summed E-state index contributed by atoms with van der Waals surface area (Å²) in [5.74, 6) is -0.958. The standard InChI is InChI=1S/C15H12FNO2S/c1-17-15(13-9-5-6-10-14(13)16)20(18,19)11-12-7-3-2-4-8-12/h2-10,15H,11H2. The van der Waals surface area contributed by atoms with Crippen molar-refractivity contribution in [1.82, 2.24) is 0 Å². The molecule has 0 aliphatic heterocycles. The second-order valence-electron chi connectivity index (χ2n) is 4.30. The van der Waals surface area contributed by atoms with Crippen molar-refractivity contribution < 1.29 is 12.8 Å². The zero-order valence-electron chi connectivity index (χ0n) is 10.5. The van der Waals surface area contributed by atoms with Crippen molar-refractivity contribution in [3.63, 3.8) is 0 Å². The van der Waals surface area contributed by atoms with Gasteiger partial charge in [-0.2, -0.15) is 0 Å². The van der Waals surface area contributed by atoms with Crippen molar-refractivity contribution in [2.45, 2.75) is 11.1 Å². The first-order valence-electron chi connectivity index (χ1n) is 5.91. The van der Waals surface area contributed by atoms with Crippen molar-refractivity contribution in [3.8, 4) is 0 Å². The Balaban J connectivity index is 2.37. The maximum atomic E-state index is 13.7. The number of rotatable bonds is 4. The van der Waals surface area contributed by atoms with Gasteiger partial charge >= 0.3 is 5.37 Å². The molecular weight excluding hydrogens is 277 g/mol. The third kappa shape index (κ3) is 3.03. The van der Waals surface area contributed by atoms with Gasteiger partial charge in [-0.3, -0.25) is 4.85 Å². The van der Waals surface area contributed by atoms with Crippen LogP contribution in [-0.4, -0.2) is 8.42 Å². The van der Waals surface area contributed by atoms with Crippen LogP contribution in [0.2, 0.25) is 0 Å². The predicted octanol–water partition coefficient (Wildman–Crippen LogP) is 3.36. The van der Waals surface area contributed by atoms with Gasteiger partial charge in [-0.05, 0) is 17.7 Å². The van der Waals surface area contributed by atoms with E-state index in [1.54, 1.807) is 30.3 Å². The Morgan fingerprint density at radius 3 is 2.25 bits per heavy atom. The summed E-state index contributed by atoms with van der Waals surface area (Å²) in [7, 11) is -3.80. The molecule has 1 unspecified atom stereocenters. The predicted molar refractivity (Wildman–Crippen MR) is 74.8 cm³/mol. The molecule has 1 atom stereocenters. The van der Waals surface area contributed by atoms with Crippen LogP contribution in [0.3, 0.4) is 0 Å². The SMILES string of the molecule is [C-]#[N+]C(c1ccccc1F)S(=O)(=O)Cc1ccccc1. The molecule has 102 valence electrons. The molecule has 0 aromatic heterocycles. The summed E-state index contributed by atoms with van der Waals surface area (Å²) < 4.78 is 38.3. The minimum atomic E-state index is -3.80. The van der Waals surface area contributed by atoms with Gasteiger partial charge in [0, 0.05) is 0 Å². The molecule has 3 nitrogen and oxygen atoms in total. The lowest BCUT2D eigenvalue weighted by atomic mass is 10.2. The van der Waals surface area contributed by atoms with Gasteiger partial charge < -0.3 is 0 Å². The van der Waals surface area contributed by atoms with Crippen molar-refractivity contribution >= 4 is 9.84 Å². The molecule has 2 rings (SSSR count). The van der Waals surface area contributed by atoms with E-state index in [9.17, 15) is 12.8 Å². The van der Waals surface area contributed by atoms with Gasteiger partial charge in [0.05, 0.1) is 11.3 Å². The lowest BCUT2D eigenvalue weighted by Gasteiger charge is -2.08. The number of hydrogen-bond donors (Lipinski definition) is 0. The molecule has 0 N–H and O–H groups in total. The molecule has 0 aliphatic rings. The number of hydrogen-bond acceptors (Lipinski definition) is 2. The van der Waals surface area contributed by atoms with E-state index in [0.717, 1.165) is 6.07 Å². The highest BCUT2D eigenvalue weighted by molar-refractivity contribution is 7.91. The van der Waals surface area contributed by atoms with E-state index in [1.165, 1.54) is 18.2 Å². The number of nitrogens with zero attached hydrogens (tertiary/aromatic N) is 1. The van der Waals surface area contributed by atoms with Crippen molar-refractivity contribution in [2.24, 2.45) is 0 Å². The smallest absolute Gasteiger partial charge is 0.291 e. The molecule has 2 aromatic carbocycles. The molecule has 0 spiro atoms. The molecule has 2 aromatic rings. The number of sulfone groups is 1. The van der Waals surface area contributed by atoms with Crippen LogP contribution in [-0.2, 0) is 15.6 Å². The van der Waals surface area contributed by atoms with Crippen molar-refractivity contribution in [1.29, 1.82) is 0 Å². The molecular formula is C15H12FNO2S. The minimum Gasteiger partial charge on any atom is -0.291 e. The summed E-state index contributed by atoms with van der Waals surface area (Å²) >= 11 is 0. The third-order valence-corrected chi connectivity index (χ3v) is 4.61. The van der Waals surface area contributed by atoms with Crippen molar-refractivity contribution in [3.05, 3.63) is 83.0 Å². The highest BCUT2D eigenvalue weighted by Crippen LogP contribution is 2.28. The summed E-state index contributed by atoms with van der Waals surface area (Å²) in [6.07, 6.45) is 0. The van der Waals surface area contributed by atoms with Crippen LogP contribution in [0.4, 0.5) is 4.39 Å². The summed E-state index contributed by atoms with van der Waals surface area (Å²) in [5.41, 5.74) is 0.482. The number of halogens is 1. The lowest BCUT2D eigenvalue weighted by Crippen LogP contribution is -2.14. The molecule has 5 heteroatoms. The van der Waals surface area contributed by atoms with Gasteiger partial charge in [0.1, 0.15) is 5.82 Å². The Bertz CT molecular complexity index is 736. The summed E-state index contributed by atoms with van der Waals surface area (Å²) in [6, 6.07) is 14.0. The average molecular weight is 289 g/mol. The second kappa shape index (κ2) is 5.85. The fourth-order valence-corrected chi connectivity index (χ4v) is 3.46. The Kier molecular flexibility index (Phi) is 4.16. The third-order valence-electron chi connectivity index (χ3n) is 2.84. The zero-order chi connectivity index (χ0) is 14.6. The highest BCUT2D eigenvalue weighted by atomic mass is 32.2. The fraction of sp³-hybridized carbons (Fsp3) is 0.133. The van der Waals surface area contributed by atoms with Crippen LogP contribution < -0.4 is 0 Å². The largest absolute Gasteiger partial charge is 0.349 e. The normalized spacial score (nSPS) is 12.6. The van der Waals surface area contributed by atoms with Gasteiger partial charge in [0.2, 0.25) is 9.84 Å². The molecule has 0 bridgehead atoms. The van der Waals surface area contributed by atoms with E-state index in [-0.39, 0.29) is 11.3 Å². The Hall–Kier alpha value is -2.19. The Morgan fingerprint density at radius 2 is 1.65 bits per heavy atom. The van der Waals surface area contributed by atoms with Gasteiger partial charge in [-0.1, -0.05) is 42.5 Å². The Labute approximate surface area is 117 Å². The monoisotopic (exact) mass is 289 g/mol. The van der Waals surface area contributed by atoms with Crippen molar-refractivity contribution in [2.75, 3.05) is 0 Å². The lowest BCUT2D eigenvalue weighted by molar-refractivity contribution is 0.578. The molecule has 0 saturated carbocycles. The van der Waals surface area contributed by atoms with Gasteiger partial charge in [0.15, 0.2) is 0 Å². The van der Waals surface area contributed by atoms with E-state index < -0.39 is 21.0 Å². The summed E-state index contributed by atoms with van der Waals surface area (Å²) in [4.78, 5) is 3.11. The molecule has 0 aliphatic carbocycles. The van der Waals surface area contributed by atoms with E-state index in [1.807, 2.05) is 0 Å². The maximum absolute atomic E-state index is 13.7. The molecule has 0 amide bonds. The topological polar surface area (TPSA) is 38.5 Å². The second-order valence-corrected chi connectivity index (χ2v) is 6.36. The first-order chi connectivity index (χ1) is 9.54.